The van der Waals surface area contributed by atoms with Crippen molar-refractivity contribution in [2.75, 3.05) is 0 Å². The van der Waals surface area contributed by atoms with Crippen molar-refractivity contribution in [3.63, 3.8) is 0 Å². The number of carbonyl (C=O) groups excluding carboxylic acids is 2. The van der Waals surface area contributed by atoms with Crippen LogP contribution in [0.4, 0.5) is 0 Å². The smallest absolute Gasteiger partial charge is 0.193 e. The van der Waals surface area contributed by atoms with Crippen LogP contribution in [0.1, 0.15) is 59.4 Å². The lowest BCUT2D eigenvalue weighted by atomic mass is 9.75. The Morgan fingerprint density at radius 3 is 2.04 bits per heavy atom. The van der Waals surface area contributed by atoms with E-state index in [1.54, 1.807) is 36.4 Å². The third kappa shape index (κ3) is 3.60. The highest BCUT2D eigenvalue weighted by atomic mass is 16.1. The van der Waals surface area contributed by atoms with Crippen LogP contribution in [-0.2, 0) is 0 Å². The van der Waals surface area contributed by atoms with Crippen molar-refractivity contribution in [1.82, 2.24) is 0 Å². The van der Waals surface area contributed by atoms with Gasteiger partial charge in [-0.25, -0.2) is 0 Å². The molecule has 0 aromatic heterocycles. The van der Waals surface area contributed by atoms with Gasteiger partial charge in [-0.1, -0.05) is 80.6 Å². The van der Waals surface area contributed by atoms with Crippen LogP contribution < -0.4 is 0 Å². The van der Waals surface area contributed by atoms with E-state index in [1.807, 2.05) is 30.4 Å². The minimum absolute atomic E-state index is 0.0234. The number of rotatable bonds is 6. The molecule has 0 saturated heterocycles. The maximum Gasteiger partial charge on any atom is 0.193 e. The zero-order chi connectivity index (χ0) is 18.6. The molecule has 0 spiro atoms. The molecule has 2 heteroatoms. The third-order valence-electron chi connectivity index (χ3n) is 5.44. The van der Waals surface area contributed by atoms with Gasteiger partial charge in [-0.15, -0.1) is 0 Å². The van der Waals surface area contributed by atoms with Crippen LogP contribution in [-0.4, -0.2) is 11.6 Å². The molecule has 0 aliphatic heterocycles. The van der Waals surface area contributed by atoms with Crippen molar-refractivity contribution < 1.29 is 9.59 Å². The fraction of sp³-hybridized carbons (Fsp3) is 0.250. The lowest BCUT2D eigenvalue weighted by molar-refractivity contribution is 0.103. The van der Waals surface area contributed by atoms with E-state index in [1.165, 1.54) is 0 Å². The summed E-state index contributed by atoms with van der Waals surface area (Å²) in [6, 6.07) is 16.2. The van der Waals surface area contributed by atoms with Gasteiger partial charge >= 0.3 is 0 Å². The van der Waals surface area contributed by atoms with Crippen molar-refractivity contribution in [1.29, 1.82) is 0 Å². The summed E-state index contributed by atoms with van der Waals surface area (Å²) in [6.45, 7) is 4.38. The molecule has 0 N–H and O–H groups in total. The number of ketones is 2. The predicted octanol–water partition coefficient (Wildman–Crippen LogP) is 5.79. The molecule has 0 amide bonds. The van der Waals surface area contributed by atoms with Crippen molar-refractivity contribution in [3.8, 4) is 0 Å². The van der Waals surface area contributed by atoms with Crippen molar-refractivity contribution in [2.45, 2.75) is 33.1 Å². The zero-order valence-electron chi connectivity index (χ0n) is 15.4. The first-order valence-corrected chi connectivity index (χ1v) is 9.22. The summed E-state index contributed by atoms with van der Waals surface area (Å²) >= 11 is 0. The summed E-state index contributed by atoms with van der Waals surface area (Å²) in [5.74, 6) is -0.0887. The second-order valence-corrected chi connectivity index (χ2v) is 6.87. The quantitative estimate of drug-likeness (QED) is 0.621. The molecule has 0 atom stereocenters. The van der Waals surface area contributed by atoms with E-state index in [4.69, 9.17) is 0 Å². The van der Waals surface area contributed by atoms with Gasteiger partial charge in [0.15, 0.2) is 11.6 Å². The van der Waals surface area contributed by atoms with Crippen LogP contribution in [0.5, 0.6) is 0 Å². The lowest BCUT2D eigenvalue weighted by Crippen LogP contribution is -2.18. The molecule has 0 heterocycles. The molecule has 132 valence electrons. The lowest BCUT2D eigenvalue weighted by Gasteiger charge is -2.29. The van der Waals surface area contributed by atoms with Crippen LogP contribution in [0.15, 0.2) is 78.4 Å². The Balaban J connectivity index is 1.83. The molecule has 0 fully saturated rings. The predicted molar refractivity (Wildman–Crippen MR) is 106 cm³/mol. The van der Waals surface area contributed by atoms with Crippen molar-refractivity contribution in [2.24, 2.45) is 5.41 Å². The third-order valence-corrected chi connectivity index (χ3v) is 5.44. The number of allylic oxidation sites excluding steroid dienone is 4. The number of carbonyl (C=O) groups is 2. The summed E-state index contributed by atoms with van der Waals surface area (Å²) in [6.07, 6.45) is 9.20. The van der Waals surface area contributed by atoms with E-state index >= 15 is 0 Å². The molecule has 2 aromatic carbocycles. The largest absolute Gasteiger partial charge is 0.289 e. The number of hydrogen-bond donors (Lipinski definition) is 0. The van der Waals surface area contributed by atoms with E-state index in [-0.39, 0.29) is 17.0 Å². The fourth-order valence-corrected chi connectivity index (χ4v) is 3.38. The Morgan fingerprint density at radius 1 is 0.846 bits per heavy atom. The van der Waals surface area contributed by atoms with E-state index in [0.29, 0.717) is 22.3 Å². The van der Waals surface area contributed by atoms with Crippen molar-refractivity contribution in [3.05, 3.63) is 95.1 Å². The molecule has 2 nitrogen and oxygen atoms in total. The van der Waals surface area contributed by atoms with Gasteiger partial charge in [-0.3, -0.25) is 9.59 Å². The van der Waals surface area contributed by atoms with E-state index in [9.17, 15) is 9.59 Å². The molecule has 0 unspecified atom stereocenters. The molecule has 1 aliphatic rings. The van der Waals surface area contributed by atoms with Crippen molar-refractivity contribution >= 4 is 11.6 Å². The Kier molecular flexibility index (Phi) is 5.32. The molecule has 2 aromatic rings. The first kappa shape index (κ1) is 18.1. The van der Waals surface area contributed by atoms with Gasteiger partial charge in [0.1, 0.15) is 0 Å². The second kappa shape index (κ2) is 7.65. The van der Waals surface area contributed by atoms with E-state index < -0.39 is 0 Å². The summed E-state index contributed by atoms with van der Waals surface area (Å²) < 4.78 is 0. The maximum atomic E-state index is 12.9. The van der Waals surface area contributed by atoms with Gasteiger partial charge in [0.2, 0.25) is 0 Å². The minimum Gasteiger partial charge on any atom is -0.289 e. The molecule has 0 saturated carbocycles. The highest BCUT2D eigenvalue weighted by Gasteiger charge is 2.26. The van der Waals surface area contributed by atoms with Gasteiger partial charge in [-0.2, -0.15) is 0 Å². The Hall–Kier alpha value is -2.74. The van der Waals surface area contributed by atoms with Gasteiger partial charge < -0.3 is 0 Å². The van der Waals surface area contributed by atoms with E-state index in [0.717, 1.165) is 19.3 Å². The molecule has 0 radical (unpaired) electrons. The molecule has 0 bridgehead atoms. The Bertz CT molecular complexity index is 868. The Morgan fingerprint density at radius 2 is 1.46 bits per heavy atom. The molecule has 1 aliphatic carbocycles. The number of benzene rings is 2. The molecule has 26 heavy (non-hydrogen) atoms. The average Bonchev–Trinajstić information content (AvgIpc) is 2.73. The van der Waals surface area contributed by atoms with Crippen LogP contribution in [0, 0.1) is 5.41 Å². The number of Topliss-reactive ketones (excluding diaryl/α,β-unsaturated/α-hetero) is 1. The maximum absolute atomic E-state index is 12.9. The summed E-state index contributed by atoms with van der Waals surface area (Å²) in [4.78, 5) is 25.5. The first-order chi connectivity index (χ1) is 12.6. The normalized spacial score (nSPS) is 15.4. The minimum atomic E-state index is -0.0654. The number of hydrogen-bond acceptors (Lipinski definition) is 2. The van der Waals surface area contributed by atoms with Crippen LogP contribution in [0.2, 0.25) is 0 Å². The van der Waals surface area contributed by atoms with Gasteiger partial charge in [0, 0.05) is 22.3 Å². The molecular formula is C24H24O2. The summed E-state index contributed by atoms with van der Waals surface area (Å²) in [7, 11) is 0. The summed E-state index contributed by atoms with van der Waals surface area (Å²) in [5.41, 5.74) is 2.62. The van der Waals surface area contributed by atoms with Crippen LogP contribution in [0.25, 0.3) is 0 Å². The van der Waals surface area contributed by atoms with Crippen LogP contribution in [0.3, 0.4) is 0 Å². The zero-order valence-corrected chi connectivity index (χ0v) is 15.4. The topological polar surface area (TPSA) is 34.1 Å². The molecular weight excluding hydrogens is 320 g/mol. The highest BCUT2D eigenvalue weighted by Crippen LogP contribution is 2.37. The van der Waals surface area contributed by atoms with Gasteiger partial charge in [0.25, 0.3) is 0 Å². The summed E-state index contributed by atoms with van der Waals surface area (Å²) in [5, 5.41) is 0. The standard InChI is InChI=1S/C24H24O2/c1-3-24(4-2)15-13-19(14-16-24)23(26)21-12-8-11-20(17-21)22(25)18-9-6-5-7-10-18/h5-15,17H,3-4,16H2,1-2H3. The highest BCUT2D eigenvalue weighted by molar-refractivity contribution is 6.14. The molecule has 3 rings (SSSR count). The van der Waals surface area contributed by atoms with Gasteiger partial charge in [0.05, 0.1) is 0 Å². The van der Waals surface area contributed by atoms with Gasteiger partial charge in [-0.05, 0) is 30.7 Å². The SMILES string of the molecule is CCC1(CC)C=CC(C(=O)c2cccc(C(=O)c3ccccc3)c2)=CC1. The first-order valence-electron chi connectivity index (χ1n) is 9.22. The van der Waals surface area contributed by atoms with E-state index in [2.05, 4.69) is 19.9 Å². The fourth-order valence-electron chi connectivity index (χ4n) is 3.38. The second-order valence-electron chi connectivity index (χ2n) is 6.87. The van der Waals surface area contributed by atoms with Crippen LogP contribution >= 0.6 is 0 Å². The average molecular weight is 344 g/mol. The monoisotopic (exact) mass is 344 g/mol. The Labute approximate surface area is 155 Å².